The Bertz CT molecular complexity index is 606. The number of ether oxygens (including phenoxy) is 1. The van der Waals surface area contributed by atoms with Gasteiger partial charge in [0.25, 0.3) is 0 Å². The second kappa shape index (κ2) is 5.57. The summed E-state index contributed by atoms with van der Waals surface area (Å²) in [7, 11) is 0. The van der Waals surface area contributed by atoms with Gasteiger partial charge in [0.15, 0.2) is 0 Å². The molecule has 0 aliphatic carbocycles. The van der Waals surface area contributed by atoms with E-state index in [-0.39, 0.29) is 11.3 Å². The number of nitrogens with zero attached hydrogens (tertiary/aromatic N) is 2. The lowest BCUT2D eigenvalue weighted by atomic mass is 9.85. The lowest BCUT2D eigenvalue weighted by Gasteiger charge is -2.23. The molecule has 1 heterocycles. The molecule has 0 bridgehead atoms. The summed E-state index contributed by atoms with van der Waals surface area (Å²) in [4.78, 5) is 7.35. The van der Waals surface area contributed by atoms with Gasteiger partial charge in [0, 0.05) is 5.56 Å². The van der Waals surface area contributed by atoms with Gasteiger partial charge >= 0.3 is 0 Å². The number of hydrogen-bond donors (Lipinski definition) is 0. The van der Waals surface area contributed by atoms with Gasteiger partial charge in [-0.15, -0.1) is 0 Å². The van der Waals surface area contributed by atoms with Crippen molar-refractivity contribution in [3.63, 3.8) is 0 Å². The van der Waals surface area contributed by atoms with E-state index >= 15 is 0 Å². The van der Waals surface area contributed by atoms with Crippen LogP contribution < -0.4 is 4.74 Å². The fourth-order valence-corrected chi connectivity index (χ4v) is 1.96. The predicted molar refractivity (Wildman–Crippen MR) is 76.6 cm³/mol. The van der Waals surface area contributed by atoms with E-state index in [4.69, 9.17) is 4.74 Å². The Balaban J connectivity index is 2.41. The van der Waals surface area contributed by atoms with Crippen LogP contribution in [0.1, 0.15) is 38.8 Å². The van der Waals surface area contributed by atoms with Crippen LogP contribution >= 0.6 is 0 Å². The largest absolute Gasteiger partial charge is 0.439 e. The molecule has 0 spiro atoms. The van der Waals surface area contributed by atoms with E-state index in [9.17, 15) is 4.39 Å². The molecule has 0 saturated carbocycles. The Hall–Kier alpha value is -1.97. The molecular formula is C16H19FN2O. The monoisotopic (exact) mass is 274 g/mol. The molecule has 0 radical (unpaired) electrons. The molecule has 2 aromatic rings. The molecule has 0 aliphatic rings. The maximum atomic E-state index is 13.1. The Labute approximate surface area is 118 Å². The smallest absolute Gasteiger partial charge is 0.225 e. The number of halogens is 1. The average Bonchev–Trinajstić information content (AvgIpc) is 2.38. The molecule has 1 aromatic heterocycles. The molecule has 0 fully saturated rings. The van der Waals surface area contributed by atoms with Crippen LogP contribution in [-0.4, -0.2) is 9.97 Å². The van der Waals surface area contributed by atoms with E-state index in [1.165, 1.54) is 11.6 Å². The summed E-state index contributed by atoms with van der Waals surface area (Å²) >= 11 is 0. The molecule has 0 unspecified atom stereocenters. The van der Waals surface area contributed by atoms with Crippen LogP contribution in [0.4, 0.5) is 4.39 Å². The molecule has 106 valence electrons. The number of aryl methyl sites for hydroxylation is 1. The van der Waals surface area contributed by atoms with Crippen LogP contribution in [0.3, 0.4) is 0 Å². The van der Waals surface area contributed by atoms with Gasteiger partial charge in [0.05, 0.1) is 6.07 Å². The summed E-state index contributed by atoms with van der Waals surface area (Å²) in [5, 5.41) is 0. The summed E-state index contributed by atoms with van der Waals surface area (Å²) < 4.78 is 18.8. The zero-order valence-corrected chi connectivity index (χ0v) is 12.3. The van der Waals surface area contributed by atoms with Crippen molar-refractivity contribution in [2.45, 2.75) is 39.5 Å². The first kappa shape index (κ1) is 14.4. The van der Waals surface area contributed by atoms with Gasteiger partial charge < -0.3 is 4.74 Å². The quantitative estimate of drug-likeness (QED) is 0.784. The van der Waals surface area contributed by atoms with E-state index in [1.807, 2.05) is 12.1 Å². The van der Waals surface area contributed by atoms with E-state index in [2.05, 4.69) is 43.7 Å². The molecule has 0 aliphatic heterocycles. The third-order valence-electron chi connectivity index (χ3n) is 3.08. The molecule has 20 heavy (non-hydrogen) atoms. The topological polar surface area (TPSA) is 35.0 Å². The summed E-state index contributed by atoms with van der Waals surface area (Å²) in [6.45, 7) is 8.47. The van der Waals surface area contributed by atoms with E-state index in [0.29, 0.717) is 5.75 Å². The van der Waals surface area contributed by atoms with Crippen molar-refractivity contribution in [3.05, 3.63) is 47.7 Å². The molecule has 3 nitrogen and oxygen atoms in total. The van der Waals surface area contributed by atoms with Crippen molar-refractivity contribution in [2.24, 2.45) is 0 Å². The van der Waals surface area contributed by atoms with Crippen molar-refractivity contribution < 1.29 is 9.13 Å². The van der Waals surface area contributed by atoms with Crippen molar-refractivity contribution in [1.82, 2.24) is 9.97 Å². The van der Waals surface area contributed by atoms with Crippen molar-refractivity contribution in [2.75, 3.05) is 0 Å². The Morgan fingerprint density at radius 1 is 1.15 bits per heavy atom. The maximum Gasteiger partial charge on any atom is 0.225 e. The summed E-state index contributed by atoms with van der Waals surface area (Å²) in [5.74, 6) is 0.317. The number of hydrogen-bond acceptors (Lipinski definition) is 3. The maximum absolute atomic E-state index is 13.1. The number of rotatable bonds is 3. The van der Waals surface area contributed by atoms with Crippen molar-refractivity contribution in [1.29, 1.82) is 0 Å². The molecule has 0 N–H and O–H groups in total. The molecule has 4 heteroatoms. The first-order valence-corrected chi connectivity index (χ1v) is 6.69. The zero-order valence-electron chi connectivity index (χ0n) is 12.3. The minimum Gasteiger partial charge on any atom is -0.439 e. The number of aromatic nitrogens is 2. The minimum absolute atomic E-state index is 0.0634. The van der Waals surface area contributed by atoms with Gasteiger partial charge in [0.1, 0.15) is 12.1 Å². The molecule has 0 atom stereocenters. The van der Waals surface area contributed by atoms with Crippen LogP contribution in [0.15, 0.2) is 30.6 Å². The molecule has 0 amide bonds. The molecular weight excluding hydrogens is 255 g/mol. The van der Waals surface area contributed by atoms with Crippen LogP contribution in [0.5, 0.6) is 11.6 Å². The first-order valence-electron chi connectivity index (χ1n) is 6.69. The van der Waals surface area contributed by atoms with Gasteiger partial charge in [-0.05, 0) is 23.5 Å². The second-order valence-corrected chi connectivity index (χ2v) is 5.72. The summed E-state index contributed by atoms with van der Waals surface area (Å²) in [6.07, 6.45) is 2.12. The van der Waals surface area contributed by atoms with Crippen LogP contribution in [0, 0.1) is 5.95 Å². The molecule has 2 rings (SSSR count). The summed E-state index contributed by atoms with van der Waals surface area (Å²) in [5.41, 5.74) is 2.26. The average molecular weight is 274 g/mol. The van der Waals surface area contributed by atoms with Gasteiger partial charge in [-0.2, -0.15) is 4.39 Å². The van der Waals surface area contributed by atoms with Gasteiger partial charge in [0.2, 0.25) is 11.8 Å². The Kier molecular flexibility index (Phi) is 4.02. The van der Waals surface area contributed by atoms with Gasteiger partial charge in [-0.3, -0.25) is 0 Å². The normalized spacial score (nSPS) is 11.4. The highest BCUT2D eigenvalue weighted by Gasteiger charge is 2.20. The van der Waals surface area contributed by atoms with Crippen LogP contribution in [-0.2, 0) is 11.8 Å². The Morgan fingerprint density at radius 3 is 2.50 bits per heavy atom. The summed E-state index contributed by atoms with van der Waals surface area (Å²) in [6, 6.07) is 7.24. The highest BCUT2D eigenvalue weighted by atomic mass is 19.1. The number of benzene rings is 1. The van der Waals surface area contributed by atoms with E-state index in [1.54, 1.807) is 0 Å². The lowest BCUT2D eigenvalue weighted by Crippen LogP contribution is -2.13. The van der Waals surface area contributed by atoms with Crippen LogP contribution in [0.25, 0.3) is 0 Å². The predicted octanol–water partition coefficient (Wildman–Crippen LogP) is 4.27. The van der Waals surface area contributed by atoms with Gasteiger partial charge in [-0.25, -0.2) is 9.97 Å². The van der Waals surface area contributed by atoms with E-state index in [0.717, 1.165) is 18.3 Å². The fraction of sp³-hybridized carbons (Fsp3) is 0.375. The second-order valence-electron chi connectivity index (χ2n) is 5.72. The van der Waals surface area contributed by atoms with Crippen molar-refractivity contribution in [3.8, 4) is 11.6 Å². The van der Waals surface area contributed by atoms with Crippen molar-refractivity contribution >= 4 is 0 Å². The lowest BCUT2D eigenvalue weighted by molar-refractivity contribution is 0.431. The highest BCUT2D eigenvalue weighted by molar-refractivity contribution is 5.43. The molecule has 0 saturated heterocycles. The Morgan fingerprint density at radius 2 is 1.90 bits per heavy atom. The third-order valence-corrected chi connectivity index (χ3v) is 3.08. The first-order chi connectivity index (χ1) is 9.40. The standard InChI is InChI=1S/C16H19FN2O/c1-5-11-6-7-13(12(8-11)16(2,3)4)20-15-9-14(17)18-10-19-15/h6-10H,5H2,1-4H3. The minimum atomic E-state index is -0.600. The highest BCUT2D eigenvalue weighted by Crippen LogP contribution is 2.34. The van der Waals surface area contributed by atoms with E-state index < -0.39 is 5.95 Å². The van der Waals surface area contributed by atoms with Crippen LogP contribution in [0.2, 0.25) is 0 Å². The zero-order chi connectivity index (χ0) is 14.8. The SMILES string of the molecule is CCc1ccc(Oc2cc(F)ncn2)c(C(C)(C)C)c1. The fourth-order valence-electron chi connectivity index (χ4n) is 1.96. The van der Waals surface area contributed by atoms with Gasteiger partial charge in [-0.1, -0.05) is 39.8 Å². The molecule has 1 aromatic carbocycles. The third kappa shape index (κ3) is 3.32.